The number of carbonyl (C=O) groups excluding carboxylic acids is 2. The molecule has 0 saturated carbocycles. The van der Waals surface area contributed by atoms with E-state index in [9.17, 15) is 24.3 Å². The summed E-state index contributed by atoms with van der Waals surface area (Å²) < 4.78 is 0. The molecule has 0 radical (unpaired) electrons. The van der Waals surface area contributed by atoms with Crippen LogP contribution < -0.4 is 16.4 Å². The molecule has 0 aliphatic carbocycles. The van der Waals surface area contributed by atoms with Crippen LogP contribution >= 0.6 is 0 Å². The molecule has 0 rings (SSSR count). The fourth-order valence-corrected chi connectivity index (χ4v) is 1.65. The second-order valence-electron chi connectivity index (χ2n) is 5.35. The first-order chi connectivity index (χ1) is 10.6. The second-order valence-corrected chi connectivity index (χ2v) is 5.35. The number of hydrogen-bond acceptors (Lipinski definition) is 6. The molecule has 2 amide bonds. The molecule has 3 atom stereocenters. The molecule has 23 heavy (non-hydrogen) atoms. The van der Waals surface area contributed by atoms with Crippen LogP contribution in [0.25, 0.3) is 0 Å². The van der Waals surface area contributed by atoms with Crippen LogP contribution in [0.1, 0.15) is 26.7 Å². The molecule has 10 heteroatoms. The minimum atomic E-state index is -1.38. The van der Waals surface area contributed by atoms with Crippen molar-refractivity contribution in [2.24, 2.45) is 11.7 Å². The maximum absolute atomic E-state index is 11.9. The standard InChI is InChI=1S/C13H23N3O7/c1-6(2)10(13(22)23)16-12(21)8(5-17)15-11(20)7(14)3-4-9(18)19/h6-8,10,17H,3-5,14H2,1-2H3,(H,15,20)(H,16,21)(H,18,19)(H,22,23). The van der Waals surface area contributed by atoms with Crippen molar-refractivity contribution in [1.82, 2.24) is 10.6 Å². The molecular formula is C13H23N3O7. The Balaban J connectivity index is 4.69. The minimum absolute atomic E-state index is 0.134. The van der Waals surface area contributed by atoms with Gasteiger partial charge in [-0.15, -0.1) is 0 Å². The summed E-state index contributed by atoms with van der Waals surface area (Å²) >= 11 is 0. The van der Waals surface area contributed by atoms with E-state index in [2.05, 4.69) is 10.6 Å². The van der Waals surface area contributed by atoms with Gasteiger partial charge in [0.2, 0.25) is 11.8 Å². The van der Waals surface area contributed by atoms with E-state index in [1.165, 1.54) is 0 Å². The summed E-state index contributed by atoms with van der Waals surface area (Å²) in [5.74, 6) is -4.44. The molecule has 0 aromatic rings. The van der Waals surface area contributed by atoms with Crippen LogP contribution in [0.3, 0.4) is 0 Å². The van der Waals surface area contributed by atoms with Crippen molar-refractivity contribution in [3.63, 3.8) is 0 Å². The van der Waals surface area contributed by atoms with Crippen molar-refractivity contribution in [2.75, 3.05) is 6.61 Å². The van der Waals surface area contributed by atoms with Gasteiger partial charge in [-0.25, -0.2) is 4.79 Å². The second kappa shape index (κ2) is 9.74. The SMILES string of the molecule is CC(C)C(NC(=O)C(CO)NC(=O)C(N)CCC(=O)O)C(=O)O. The molecule has 0 aromatic carbocycles. The van der Waals surface area contributed by atoms with Crippen LogP contribution in [0.2, 0.25) is 0 Å². The van der Waals surface area contributed by atoms with Crippen molar-refractivity contribution < 1.29 is 34.5 Å². The first kappa shape index (κ1) is 20.8. The average molecular weight is 333 g/mol. The molecule has 0 saturated heterocycles. The van der Waals surface area contributed by atoms with Crippen molar-refractivity contribution in [3.8, 4) is 0 Å². The van der Waals surface area contributed by atoms with Gasteiger partial charge in [0.15, 0.2) is 0 Å². The number of nitrogens with two attached hydrogens (primary N) is 1. The first-order valence-electron chi connectivity index (χ1n) is 7.01. The Labute approximate surface area is 133 Å². The number of aliphatic hydroxyl groups excluding tert-OH is 1. The lowest BCUT2D eigenvalue weighted by atomic mass is 10.0. The molecule has 10 nitrogen and oxygen atoms in total. The van der Waals surface area contributed by atoms with Crippen molar-refractivity contribution in [2.45, 2.75) is 44.8 Å². The monoisotopic (exact) mass is 333 g/mol. The Morgan fingerprint density at radius 2 is 1.61 bits per heavy atom. The van der Waals surface area contributed by atoms with E-state index in [1.54, 1.807) is 13.8 Å². The average Bonchev–Trinajstić information content (AvgIpc) is 2.46. The highest BCUT2D eigenvalue weighted by atomic mass is 16.4. The normalized spacial score (nSPS) is 14.7. The van der Waals surface area contributed by atoms with Gasteiger partial charge < -0.3 is 31.7 Å². The van der Waals surface area contributed by atoms with Gasteiger partial charge >= 0.3 is 11.9 Å². The van der Waals surface area contributed by atoms with Crippen LogP contribution in [0.5, 0.6) is 0 Å². The fourth-order valence-electron chi connectivity index (χ4n) is 1.65. The topological polar surface area (TPSA) is 179 Å². The van der Waals surface area contributed by atoms with Crippen molar-refractivity contribution in [1.29, 1.82) is 0 Å². The largest absolute Gasteiger partial charge is 0.481 e. The van der Waals surface area contributed by atoms with Gasteiger partial charge in [0, 0.05) is 6.42 Å². The highest BCUT2D eigenvalue weighted by molar-refractivity contribution is 5.92. The molecule has 0 bridgehead atoms. The number of nitrogens with one attached hydrogen (secondary N) is 2. The highest BCUT2D eigenvalue weighted by Crippen LogP contribution is 2.02. The van der Waals surface area contributed by atoms with E-state index in [-0.39, 0.29) is 12.8 Å². The Bertz CT molecular complexity index is 453. The summed E-state index contributed by atoms with van der Waals surface area (Å²) in [5, 5.41) is 31.1. The fraction of sp³-hybridized carbons (Fsp3) is 0.692. The van der Waals surface area contributed by atoms with Gasteiger partial charge in [-0.05, 0) is 12.3 Å². The molecular weight excluding hydrogens is 310 g/mol. The first-order valence-corrected chi connectivity index (χ1v) is 7.01. The molecule has 3 unspecified atom stereocenters. The highest BCUT2D eigenvalue weighted by Gasteiger charge is 2.29. The van der Waals surface area contributed by atoms with Crippen molar-refractivity contribution >= 4 is 23.8 Å². The summed E-state index contributed by atoms with van der Waals surface area (Å²) in [4.78, 5) is 45.1. The molecule has 7 N–H and O–H groups in total. The zero-order valence-corrected chi connectivity index (χ0v) is 13.0. The number of carbonyl (C=O) groups is 4. The van der Waals surface area contributed by atoms with Crippen LogP contribution in [0.15, 0.2) is 0 Å². The van der Waals surface area contributed by atoms with Gasteiger partial charge in [0.1, 0.15) is 12.1 Å². The quantitative estimate of drug-likeness (QED) is 0.262. The lowest BCUT2D eigenvalue weighted by molar-refractivity contribution is -0.143. The van der Waals surface area contributed by atoms with E-state index >= 15 is 0 Å². The third-order valence-corrected chi connectivity index (χ3v) is 3.05. The Hall–Kier alpha value is -2.20. The zero-order chi connectivity index (χ0) is 18.2. The molecule has 0 spiro atoms. The van der Waals surface area contributed by atoms with E-state index in [4.69, 9.17) is 15.9 Å². The van der Waals surface area contributed by atoms with Gasteiger partial charge in [0.25, 0.3) is 0 Å². The lowest BCUT2D eigenvalue weighted by Crippen LogP contribution is -2.56. The molecule has 132 valence electrons. The number of aliphatic carboxylic acids is 2. The number of carboxylic acids is 2. The number of aliphatic hydroxyl groups is 1. The summed E-state index contributed by atoms with van der Waals surface area (Å²) in [7, 11) is 0. The van der Waals surface area contributed by atoms with Crippen LogP contribution in [0, 0.1) is 5.92 Å². The van der Waals surface area contributed by atoms with Crippen LogP contribution in [-0.4, -0.2) is 63.8 Å². The Kier molecular flexibility index (Phi) is 8.81. The third-order valence-electron chi connectivity index (χ3n) is 3.05. The predicted molar refractivity (Wildman–Crippen MR) is 78.3 cm³/mol. The zero-order valence-electron chi connectivity index (χ0n) is 13.0. The third kappa shape index (κ3) is 7.56. The van der Waals surface area contributed by atoms with E-state index in [1.807, 2.05) is 0 Å². The van der Waals surface area contributed by atoms with Gasteiger partial charge in [-0.1, -0.05) is 13.8 Å². The molecule has 0 heterocycles. The summed E-state index contributed by atoms with van der Waals surface area (Å²) in [6, 6.07) is -3.71. The van der Waals surface area contributed by atoms with Crippen LogP contribution in [0.4, 0.5) is 0 Å². The molecule has 0 aromatic heterocycles. The summed E-state index contributed by atoms with van der Waals surface area (Å²) in [5.41, 5.74) is 5.48. The number of amides is 2. The molecule has 0 fully saturated rings. The maximum Gasteiger partial charge on any atom is 0.326 e. The number of carboxylic acid groups (broad SMARTS) is 2. The molecule has 0 aliphatic heterocycles. The van der Waals surface area contributed by atoms with Gasteiger partial charge in [-0.2, -0.15) is 0 Å². The van der Waals surface area contributed by atoms with E-state index in [0.29, 0.717) is 0 Å². The Morgan fingerprint density at radius 1 is 1.04 bits per heavy atom. The number of hydrogen-bond donors (Lipinski definition) is 6. The lowest BCUT2D eigenvalue weighted by Gasteiger charge is -2.23. The summed E-state index contributed by atoms with van der Waals surface area (Å²) in [6.45, 7) is 2.43. The van der Waals surface area contributed by atoms with Crippen molar-refractivity contribution in [3.05, 3.63) is 0 Å². The predicted octanol–water partition coefficient (Wildman–Crippen LogP) is -2.12. The number of rotatable bonds is 10. The van der Waals surface area contributed by atoms with Crippen LogP contribution in [-0.2, 0) is 19.2 Å². The van der Waals surface area contributed by atoms with E-state index < -0.39 is 54.4 Å². The Morgan fingerprint density at radius 3 is 2.00 bits per heavy atom. The maximum atomic E-state index is 11.9. The smallest absolute Gasteiger partial charge is 0.326 e. The minimum Gasteiger partial charge on any atom is -0.481 e. The van der Waals surface area contributed by atoms with Gasteiger partial charge in [0.05, 0.1) is 12.6 Å². The summed E-state index contributed by atoms with van der Waals surface area (Å²) in [6.07, 6.45) is -0.455. The van der Waals surface area contributed by atoms with E-state index in [0.717, 1.165) is 0 Å². The molecule has 0 aliphatic rings. The van der Waals surface area contributed by atoms with Gasteiger partial charge in [-0.3, -0.25) is 14.4 Å².